The van der Waals surface area contributed by atoms with Crippen LogP contribution >= 0.6 is 0 Å². The van der Waals surface area contributed by atoms with E-state index in [-0.39, 0.29) is 35.5 Å². The highest BCUT2D eigenvalue weighted by atomic mass is 16.5. The summed E-state index contributed by atoms with van der Waals surface area (Å²) < 4.78 is 11.9. The minimum atomic E-state index is -0.944. The van der Waals surface area contributed by atoms with E-state index < -0.39 is 30.3 Å². The van der Waals surface area contributed by atoms with Gasteiger partial charge in [-0.1, -0.05) is 34.1 Å². The minimum Gasteiger partial charge on any atom is -0.496 e. The van der Waals surface area contributed by atoms with Gasteiger partial charge in [0.2, 0.25) is 23.6 Å². The van der Waals surface area contributed by atoms with E-state index >= 15 is 0 Å². The number of amides is 4. The molecule has 242 valence electrons. The van der Waals surface area contributed by atoms with E-state index in [1.165, 1.54) is 0 Å². The van der Waals surface area contributed by atoms with Gasteiger partial charge in [-0.25, -0.2) is 0 Å². The lowest BCUT2D eigenvalue weighted by Gasteiger charge is -2.36. The number of nitrogens with zero attached hydrogens (tertiary/aromatic N) is 3. The van der Waals surface area contributed by atoms with Crippen molar-refractivity contribution in [3.8, 4) is 11.5 Å². The lowest BCUT2D eigenvalue weighted by molar-refractivity contribution is -0.150. The molecule has 3 heterocycles. The minimum absolute atomic E-state index is 0.0865. The van der Waals surface area contributed by atoms with Gasteiger partial charge in [-0.3, -0.25) is 24.1 Å². The molecule has 2 N–H and O–H groups in total. The Hall–Kier alpha value is -3.60. The molecule has 3 aliphatic rings. The number of fused-ring (bicyclic) bond motifs is 4. The molecule has 6 atom stereocenters. The van der Waals surface area contributed by atoms with E-state index in [0.29, 0.717) is 55.8 Å². The number of benzene rings is 1. The molecular formula is C33H49N5O6. The fraction of sp³-hybridized carbons (Fsp3) is 0.636. The number of rotatable bonds is 9. The third-order valence-electron chi connectivity index (χ3n) is 9.02. The summed E-state index contributed by atoms with van der Waals surface area (Å²) >= 11 is 0. The van der Waals surface area contributed by atoms with E-state index in [1.54, 1.807) is 47.4 Å². The van der Waals surface area contributed by atoms with Crippen LogP contribution in [-0.4, -0.2) is 103 Å². The van der Waals surface area contributed by atoms with E-state index in [4.69, 9.17) is 9.47 Å². The predicted molar refractivity (Wildman–Crippen MR) is 168 cm³/mol. The zero-order chi connectivity index (χ0) is 32.1. The standard InChI is InChI=1S/C33H49N5O6/c1-8-21(4)28(36(5)6)31(40)35-24(18-20(2)3)32(41)38-17-14-27-29(38)33(42)37-16-9-10-25(37)30(39)34-15-13-22-19-23(44-27)11-12-26(22)43-7/h11-13,15,19-21,24-25,27-29H,8-10,14,16-18H2,1-7H3,(H,34,39)(H,35,40)/b15-13-/t21-,24-,25-,27-,28-,29-/m0/s1. The van der Waals surface area contributed by atoms with Crippen molar-refractivity contribution in [2.24, 2.45) is 11.8 Å². The highest BCUT2D eigenvalue weighted by Gasteiger charge is 2.49. The van der Waals surface area contributed by atoms with E-state index in [9.17, 15) is 19.2 Å². The molecule has 4 rings (SSSR count). The van der Waals surface area contributed by atoms with Crippen LogP contribution in [0.15, 0.2) is 24.4 Å². The number of hydrogen-bond donors (Lipinski definition) is 2. The van der Waals surface area contributed by atoms with Crippen LogP contribution in [0.2, 0.25) is 0 Å². The number of nitrogens with one attached hydrogen (secondary N) is 2. The molecule has 0 radical (unpaired) electrons. The Balaban J connectivity index is 1.69. The van der Waals surface area contributed by atoms with Crippen LogP contribution in [-0.2, 0) is 19.2 Å². The Morgan fingerprint density at radius 2 is 1.91 bits per heavy atom. The van der Waals surface area contributed by atoms with Crippen molar-refractivity contribution >= 4 is 29.7 Å². The molecule has 44 heavy (non-hydrogen) atoms. The van der Waals surface area contributed by atoms with Crippen molar-refractivity contribution in [3.05, 3.63) is 30.0 Å². The van der Waals surface area contributed by atoms with Crippen LogP contribution in [0.25, 0.3) is 6.08 Å². The van der Waals surface area contributed by atoms with Gasteiger partial charge in [-0.15, -0.1) is 0 Å². The first-order chi connectivity index (χ1) is 21.0. The Morgan fingerprint density at radius 1 is 1.16 bits per heavy atom. The van der Waals surface area contributed by atoms with Gasteiger partial charge in [0, 0.05) is 31.3 Å². The smallest absolute Gasteiger partial charge is 0.249 e. The van der Waals surface area contributed by atoms with Crippen molar-refractivity contribution in [1.82, 2.24) is 25.3 Å². The van der Waals surface area contributed by atoms with Crippen LogP contribution in [0, 0.1) is 11.8 Å². The molecule has 0 unspecified atom stereocenters. The molecule has 0 aromatic heterocycles. The molecular weight excluding hydrogens is 562 g/mol. The lowest BCUT2D eigenvalue weighted by atomic mass is 9.96. The highest BCUT2D eigenvalue weighted by Crippen LogP contribution is 2.32. The number of ether oxygens (including phenoxy) is 2. The van der Waals surface area contributed by atoms with Gasteiger partial charge in [0.1, 0.15) is 35.7 Å². The van der Waals surface area contributed by atoms with Crippen molar-refractivity contribution in [2.75, 3.05) is 34.3 Å². The van der Waals surface area contributed by atoms with E-state index in [1.807, 2.05) is 46.7 Å². The van der Waals surface area contributed by atoms with Crippen molar-refractivity contribution in [2.45, 2.75) is 90.1 Å². The Morgan fingerprint density at radius 3 is 2.57 bits per heavy atom. The predicted octanol–water partition coefficient (Wildman–Crippen LogP) is 2.64. The van der Waals surface area contributed by atoms with Crippen LogP contribution in [0.5, 0.6) is 11.5 Å². The summed E-state index contributed by atoms with van der Waals surface area (Å²) in [6.45, 7) is 8.79. The van der Waals surface area contributed by atoms with Crippen molar-refractivity contribution < 1.29 is 28.7 Å². The molecule has 11 nitrogen and oxygen atoms in total. The summed E-state index contributed by atoms with van der Waals surface area (Å²) in [5, 5.41) is 5.88. The van der Waals surface area contributed by atoms with Crippen LogP contribution in [0.4, 0.5) is 0 Å². The normalized spacial score (nSPS) is 24.6. The number of carbonyl (C=O) groups is 4. The topological polar surface area (TPSA) is 121 Å². The van der Waals surface area contributed by atoms with Gasteiger partial charge in [0.05, 0.1) is 13.2 Å². The lowest BCUT2D eigenvalue weighted by Crippen LogP contribution is -2.60. The molecule has 2 bridgehead atoms. The highest BCUT2D eigenvalue weighted by molar-refractivity contribution is 5.96. The zero-order valence-corrected chi connectivity index (χ0v) is 27.2. The maximum Gasteiger partial charge on any atom is 0.249 e. The largest absolute Gasteiger partial charge is 0.496 e. The third kappa shape index (κ3) is 7.20. The molecule has 1 aromatic carbocycles. The summed E-state index contributed by atoms with van der Waals surface area (Å²) in [5.74, 6) is 0.245. The Kier molecular flexibility index (Phi) is 10.9. The number of likely N-dealkylation sites (tertiary alicyclic amines) is 1. The summed E-state index contributed by atoms with van der Waals surface area (Å²) in [7, 11) is 5.31. The fourth-order valence-electron chi connectivity index (χ4n) is 6.68. The first kappa shape index (κ1) is 33.3. The Bertz CT molecular complexity index is 1250. The summed E-state index contributed by atoms with van der Waals surface area (Å²) in [4.78, 5) is 60.5. The van der Waals surface area contributed by atoms with Gasteiger partial charge < -0.3 is 29.9 Å². The molecule has 0 aliphatic carbocycles. The SMILES string of the molecule is CC[C@H](C)[C@@H](C(=O)N[C@@H](CC(C)C)C(=O)N1CC[C@@H]2Oc3ccc(OC)c(c3)/C=C\NC(=O)[C@@H]3CCCN3C(=O)[C@H]21)N(C)C. The monoisotopic (exact) mass is 611 g/mol. The fourth-order valence-corrected chi connectivity index (χ4v) is 6.68. The maximum absolute atomic E-state index is 14.4. The number of likely N-dealkylation sites (N-methyl/N-ethyl adjacent to an activating group) is 1. The first-order valence-electron chi connectivity index (χ1n) is 15.9. The number of methoxy groups -OCH3 is 1. The van der Waals surface area contributed by atoms with Gasteiger partial charge in [0.25, 0.3) is 0 Å². The molecule has 2 fully saturated rings. The second kappa shape index (κ2) is 14.5. The average Bonchev–Trinajstić information content (AvgIpc) is 3.63. The Labute approximate surface area is 261 Å². The maximum atomic E-state index is 14.4. The number of hydrogen-bond acceptors (Lipinski definition) is 7. The van der Waals surface area contributed by atoms with Crippen molar-refractivity contribution in [1.29, 1.82) is 0 Å². The molecule has 1 aromatic rings. The molecule has 4 amide bonds. The van der Waals surface area contributed by atoms with E-state index in [2.05, 4.69) is 10.6 Å². The first-order valence-corrected chi connectivity index (χ1v) is 15.9. The second-order valence-electron chi connectivity index (χ2n) is 12.8. The average molecular weight is 612 g/mol. The van der Waals surface area contributed by atoms with Crippen LogP contribution < -0.4 is 20.1 Å². The van der Waals surface area contributed by atoms with Gasteiger partial charge >= 0.3 is 0 Å². The quantitative estimate of drug-likeness (QED) is 0.441. The number of carbonyl (C=O) groups excluding carboxylic acids is 4. The third-order valence-corrected chi connectivity index (χ3v) is 9.02. The molecule has 11 heteroatoms. The summed E-state index contributed by atoms with van der Waals surface area (Å²) in [5.41, 5.74) is 0.707. The summed E-state index contributed by atoms with van der Waals surface area (Å²) in [6.07, 6.45) is 5.54. The molecule has 0 saturated carbocycles. The van der Waals surface area contributed by atoms with E-state index in [0.717, 1.165) is 6.42 Å². The van der Waals surface area contributed by atoms with Crippen LogP contribution in [0.1, 0.15) is 65.4 Å². The summed E-state index contributed by atoms with van der Waals surface area (Å²) in [6, 6.07) is 2.54. The van der Waals surface area contributed by atoms with Gasteiger partial charge in [0.15, 0.2) is 0 Å². The molecule has 2 saturated heterocycles. The zero-order valence-electron chi connectivity index (χ0n) is 27.2. The second-order valence-corrected chi connectivity index (χ2v) is 12.8. The van der Waals surface area contributed by atoms with Gasteiger partial charge in [-0.2, -0.15) is 0 Å². The van der Waals surface area contributed by atoms with Gasteiger partial charge in [-0.05, 0) is 69.5 Å². The van der Waals surface area contributed by atoms with Crippen LogP contribution in [0.3, 0.4) is 0 Å². The van der Waals surface area contributed by atoms with Crippen molar-refractivity contribution in [3.63, 3.8) is 0 Å². The molecule has 3 aliphatic heterocycles. The molecule has 0 spiro atoms.